The van der Waals surface area contributed by atoms with Crippen molar-refractivity contribution in [1.29, 1.82) is 0 Å². The van der Waals surface area contributed by atoms with Gasteiger partial charge < -0.3 is 4.57 Å². The van der Waals surface area contributed by atoms with Crippen LogP contribution in [0.4, 0.5) is 0 Å². The Morgan fingerprint density at radius 2 is 0.831 bits per heavy atom. The molecule has 9 aromatic carbocycles. The van der Waals surface area contributed by atoms with Crippen LogP contribution in [0.15, 0.2) is 212 Å². The van der Waals surface area contributed by atoms with Crippen molar-refractivity contribution >= 4 is 43.6 Å². The molecule has 0 bridgehead atoms. The number of hydrogen-bond donors (Lipinski definition) is 0. The smallest absolute Gasteiger partial charge is 0.238 e. The number of aromatic nitrogens is 5. The highest BCUT2D eigenvalue weighted by molar-refractivity contribution is 6.23. The lowest BCUT2D eigenvalue weighted by molar-refractivity contribution is 0.660. The molecule has 0 aliphatic heterocycles. The number of para-hydroxylation sites is 2. The van der Waals surface area contributed by atoms with Gasteiger partial charge in [0.15, 0.2) is 11.6 Å². The Bertz CT molecular complexity index is 3840. The fourth-order valence-corrected chi connectivity index (χ4v) is 10.6. The SMILES string of the molecule is CC1(C)c2ccccc2-c2c(-c3nc(-c4ccccc4)nc(-n4c5ccccc5c5ccc6c7ccccc7n(-c7ccc(-c8ccccc8-c8ccccc8)cc7)c6c54)n3)cccc21. The normalized spacial score (nSPS) is 12.9. The first-order chi connectivity index (χ1) is 32.0. The Balaban J connectivity index is 1.09. The summed E-state index contributed by atoms with van der Waals surface area (Å²) in [5.74, 6) is 1.84. The van der Waals surface area contributed by atoms with E-state index in [-0.39, 0.29) is 5.41 Å². The average molecular weight is 832 g/mol. The topological polar surface area (TPSA) is 48.5 Å². The number of nitrogens with zero attached hydrogens (tertiary/aromatic N) is 5. The van der Waals surface area contributed by atoms with E-state index in [0.29, 0.717) is 17.6 Å². The van der Waals surface area contributed by atoms with Crippen LogP contribution in [0.3, 0.4) is 0 Å². The minimum absolute atomic E-state index is 0.171. The molecule has 13 rings (SSSR count). The van der Waals surface area contributed by atoms with E-state index < -0.39 is 0 Å². The summed E-state index contributed by atoms with van der Waals surface area (Å²) in [6.07, 6.45) is 0. The third-order valence-electron chi connectivity index (χ3n) is 13.6. The Labute approximate surface area is 376 Å². The van der Waals surface area contributed by atoms with Crippen molar-refractivity contribution in [2.75, 3.05) is 0 Å². The van der Waals surface area contributed by atoms with Crippen LogP contribution in [0.25, 0.3) is 111 Å². The minimum Gasteiger partial charge on any atom is -0.307 e. The second kappa shape index (κ2) is 14.3. The highest BCUT2D eigenvalue weighted by Crippen LogP contribution is 2.52. The molecular formula is C60H41N5. The van der Waals surface area contributed by atoms with E-state index in [1.165, 1.54) is 44.3 Å². The molecule has 0 saturated heterocycles. The molecule has 306 valence electrons. The lowest BCUT2D eigenvalue weighted by Gasteiger charge is -2.21. The van der Waals surface area contributed by atoms with E-state index in [2.05, 4.69) is 217 Å². The summed E-state index contributed by atoms with van der Waals surface area (Å²) in [6, 6.07) is 76.0. The van der Waals surface area contributed by atoms with Crippen molar-refractivity contribution in [2.24, 2.45) is 0 Å². The Morgan fingerprint density at radius 1 is 0.338 bits per heavy atom. The van der Waals surface area contributed by atoms with Crippen molar-refractivity contribution in [3.63, 3.8) is 0 Å². The predicted molar refractivity (Wildman–Crippen MR) is 268 cm³/mol. The second-order valence-corrected chi connectivity index (χ2v) is 17.6. The third kappa shape index (κ3) is 5.62. The van der Waals surface area contributed by atoms with E-state index in [0.717, 1.165) is 60.6 Å². The fraction of sp³-hybridized carbons (Fsp3) is 0.0500. The summed E-state index contributed by atoms with van der Waals surface area (Å²) in [4.78, 5) is 16.3. The van der Waals surface area contributed by atoms with Crippen LogP contribution in [0, 0.1) is 0 Å². The van der Waals surface area contributed by atoms with Gasteiger partial charge in [0.2, 0.25) is 5.95 Å². The summed E-state index contributed by atoms with van der Waals surface area (Å²) in [5, 5.41) is 4.61. The first kappa shape index (κ1) is 37.2. The molecule has 12 aromatic rings. The van der Waals surface area contributed by atoms with Crippen LogP contribution in [0.2, 0.25) is 0 Å². The van der Waals surface area contributed by atoms with Crippen molar-refractivity contribution in [3.8, 4) is 67.8 Å². The molecule has 5 nitrogen and oxygen atoms in total. The van der Waals surface area contributed by atoms with Gasteiger partial charge in [0.05, 0.1) is 22.1 Å². The fourth-order valence-electron chi connectivity index (χ4n) is 10.6. The zero-order valence-electron chi connectivity index (χ0n) is 35.9. The maximum absolute atomic E-state index is 5.54. The summed E-state index contributed by atoms with van der Waals surface area (Å²) >= 11 is 0. The van der Waals surface area contributed by atoms with Gasteiger partial charge in [-0.25, -0.2) is 4.98 Å². The van der Waals surface area contributed by atoms with Crippen LogP contribution < -0.4 is 0 Å². The molecule has 0 unspecified atom stereocenters. The van der Waals surface area contributed by atoms with Crippen LogP contribution in [-0.4, -0.2) is 24.1 Å². The van der Waals surface area contributed by atoms with Crippen LogP contribution >= 0.6 is 0 Å². The highest BCUT2D eigenvalue weighted by Gasteiger charge is 2.37. The molecule has 0 radical (unpaired) electrons. The summed E-state index contributed by atoms with van der Waals surface area (Å²) in [5.41, 5.74) is 16.9. The number of hydrogen-bond acceptors (Lipinski definition) is 3. The van der Waals surface area contributed by atoms with Gasteiger partial charge in [-0.3, -0.25) is 4.57 Å². The molecule has 65 heavy (non-hydrogen) atoms. The summed E-state index contributed by atoms with van der Waals surface area (Å²) < 4.78 is 4.71. The molecule has 0 fully saturated rings. The Kier molecular flexibility index (Phi) is 8.18. The molecule has 1 aliphatic carbocycles. The lowest BCUT2D eigenvalue weighted by Crippen LogP contribution is -2.14. The van der Waals surface area contributed by atoms with Gasteiger partial charge in [-0.05, 0) is 68.8 Å². The number of rotatable bonds is 6. The van der Waals surface area contributed by atoms with Gasteiger partial charge in [-0.2, -0.15) is 9.97 Å². The van der Waals surface area contributed by atoms with Gasteiger partial charge in [-0.15, -0.1) is 0 Å². The first-order valence-corrected chi connectivity index (χ1v) is 22.3. The molecule has 0 amide bonds. The zero-order chi connectivity index (χ0) is 43.2. The van der Waals surface area contributed by atoms with Gasteiger partial charge in [0, 0.05) is 43.8 Å². The maximum atomic E-state index is 5.54. The molecular weight excluding hydrogens is 791 g/mol. The quantitative estimate of drug-likeness (QED) is 0.168. The lowest BCUT2D eigenvalue weighted by atomic mass is 9.82. The predicted octanol–water partition coefficient (Wildman–Crippen LogP) is 15.0. The second-order valence-electron chi connectivity index (χ2n) is 17.6. The monoisotopic (exact) mass is 831 g/mol. The van der Waals surface area contributed by atoms with Crippen molar-refractivity contribution in [1.82, 2.24) is 24.1 Å². The molecule has 5 heteroatoms. The van der Waals surface area contributed by atoms with Crippen molar-refractivity contribution in [3.05, 3.63) is 223 Å². The van der Waals surface area contributed by atoms with Crippen molar-refractivity contribution in [2.45, 2.75) is 19.3 Å². The van der Waals surface area contributed by atoms with Gasteiger partial charge in [0.1, 0.15) is 0 Å². The summed E-state index contributed by atoms with van der Waals surface area (Å²) in [6.45, 7) is 4.63. The molecule has 1 aliphatic rings. The molecule has 0 saturated carbocycles. The molecule has 0 N–H and O–H groups in total. The van der Waals surface area contributed by atoms with Crippen LogP contribution in [0.5, 0.6) is 0 Å². The zero-order valence-corrected chi connectivity index (χ0v) is 35.9. The van der Waals surface area contributed by atoms with E-state index in [4.69, 9.17) is 15.0 Å². The Morgan fingerprint density at radius 3 is 1.51 bits per heavy atom. The summed E-state index contributed by atoms with van der Waals surface area (Å²) in [7, 11) is 0. The van der Waals surface area contributed by atoms with Gasteiger partial charge >= 0.3 is 0 Å². The van der Waals surface area contributed by atoms with E-state index in [9.17, 15) is 0 Å². The minimum atomic E-state index is -0.171. The van der Waals surface area contributed by atoms with E-state index in [1.54, 1.807) is 0 Å². The van der Waals surface area contributed by atoms with E-state index in [1.807, 2.05) is 18.2 Å². The molecule has 0 atom stereocenters. The first-order valence-electron chi connectivity index (χ1n) is 22.3. The maximum Gasteiger partial charge on any atom is 0.238 e. The number of fused-ring (bicyclic) bond motifs is 10. The van der Waals surface area contributed by atoms with Crippen LogP contribution in [-0.2, 0) is 5.41 Å². The third-order valence-corrected chi connectivity index (χ3v) is 13.6. The molecule has 3 heterocycles. The van der Waals surface area contributed by atoms with Gasteiger partial charge in [-0.1, -0.05) is 202 Å². The van der Waals surface area contributed by atoms with Gasteiger partial charge in [0.25, 0.3) is 0 Å². The highest BCUT2D eigenvalue weighted by atomic mass is 15.2. The van der Waals surface area contributed by atoms with Crippen LogP contribution in [0.1, 0.15) is 25.0 Å². The van der Waals surface area contributed by atoms with Crippen molar-refractivity contribution < 1.29 is 0 Å². The largest absolute Gasteiger partial charge is 0.307 e. The molecule has 0 spiro atoms. The average Bonchev–Trinajstić information content (AvgIpc) is 3.98. The van der Waals surface area contributed by atoms with E-state index >= 15 is 0 Å². The number of benzene rings is 9. The Hall–Kier alpha value is -8.41. The molecule has 3 aromatic heterocycles. The standard InChI is InChI=1S/C60H41N5/c1-60(2)50-28-14-11-26-48(50)54-49(27-17-29-51(54)60)58-61-57(40-20-7-4-8-21-40)62-59(63-58)65-53-31-16-13-25-45(53)47-37-36-46-44-24-12-15-30-52(44)64(55(46)56(47)65)41-34-32-39(33-35-41)43-23-10-9-22-42(43)38-18-5-3-6-19-38/h3-37H,1-2H3.